The first-order valence-corrected chi connectivity index (χ1v) is 8.91. The molecule has 0 radical (unpaired) electrons. The van der Waals surface area contributed by atoms with Crippen molar-refractivity contribution in [3.8, 4) is 16.3 Å². The average molecular weight is 358 g/mol. The zero-order chi connectivity index (χ0) is 16.9. The number of carbonyl (C=O) groups excluding carboxylic acids is 2. The van der Waals surface area contributed by atoms with Gasteiger partial charge >= 0.3 is 0 Å². The molecule has 0 aliphatic heterocycles. The topological polar surface area (TPSA) is 68.3 Å². The number of nitrogens with one attached hydrogen (secondary N) is 1. The van der Waals surface area contributed by atoms with Crippen LogP contribution in [0.4, 0.5) is 5.13 Å². The molecule has 2 aromatic heterocycles. The number of carbonyl (C=O) groups is 2. The lowest BCUT2D eigenvalue weighted by molar-refractivity contribution is -0.118. The Bertz CT molecular complexity index is 839. The Balaban J connectivity index is 1.53. The number of thiophene rings is 1. The molecule has 7 heteroatoms. The lowest BCUT2D eigenvalue weighted by Gasteiger charge is -2.06. The number of anilines is 1. The van der Waals surface area contributed by atoms with Crippen molar-refractivity contribution in [3.05, 3.63) is 52.7 Å². The second kappa shape index (κ2) is 7.37. The Morgan fingerprint density at radius 1 is 1.17 bits per heavy atom. The fourth-order valence-corrected chi connectivity index (χ4v) is 3.45. The van der Waals surface area contributed by atoms with Gasteiger partial charge in [-0.25, -0.2) is 4.98 Å². The zero-order valence-electron chi connectivity index (χ0n) is 12.8. The molecular formula is C17H14N2O3S2. The summed E-state index contributed by atoms with van der Waals surface area (Å²) in [6.07, 6.45) is 0. The van der Waals surface area contributed by atoms with Crippen LogP contribution in [0.3, 0.4) is 0 Å². The highest BCUT2D eigenvalue weighted by molar-refractivity contribution is 7.16. The Morgan fingerprint density at radius 3 is 2.62 bits per heavy atom. The summed E-state index contributed by atoms with van der Waals surface area (Å²) in [5.41, 5.74) is 1.46. The van der Waals surface area contributed by atoms with Crippen molar-refractivity contribution in [2.45, 2.75) is 6.92 Å². The first-order chi connectivity index (χ1) is 11.6. The Labute approximate surface area is 146 Å². The highest BCUT2D eigenvalue weighted by Gasteiger charge is 2.09. The van der Waals surface area contributed by atoms with Crippen molar-refractivity contribution in [1.29, 1.82) is 0 Å². The number of Topliss-reactive ketones (excluding diaryl/α,β-unsaturated/α-hetero) is 1. The van der Waals surface area contributed by atoms with Crippen molar-refractivity contribution in [3.63, 3.8) is 0 Å². The number of benzene rings is 1. The molecule has 2 heterocycles. The van der Waals surface area contributed by atoms with E-state index < -0.39 is 0 Å². The monoisotopic (exact) mass is 358 g/mol. The van der Waals surface area contributed by atoms with Crippen LogP contribution in [0.5, 0.6) is 5.75 Å². The molecule has 1 N–H and O–H groups in total. The van der Waals surface area contributed by atoms with Crippen LogP contribution in [0, 0.1) is 0 Å². The first kappa shape index (κ1) is 16.4. The predicted octanol–water partition coefficient (Wildman–Crippen LogP) is 4.09. The van der Waals surface area contributed by atoms with Crippen LogP contribution < -0.4 is 10.1 Å². The quantitative estimate of drug-likeness (QED) is 0.674. The largest absolute Gasteiger partial charge is 0.484 e. The Kier molecular flexibility index (Phi) is 5.02. The average Bonchev–Trinajstić information content (AvgIpc) is 3.24. The third kappa shape index (κ3) is 4.06. The van der Waals surface area contributed by atoms with Gasteiger partial charge in [0.05, 0.1) is 10.6 Å². The molecule has 3 rings (SSSR count). The molecule has 1 amide bonds. The molecule has 122 valence electrons. The van der Waals surface area contributed by atoms with Crippen molar-refractivity contribution >= 4 is 39.5 Å². The fraction of sp³-hybridized carbons (Fsp3) is 0.118. The molecule has 0 spiro atoms. The van der Waals surface area contributed by atoms with E-state index in [1.54, 1.807) is 35.6 Å². The van der Waals surface area contributed by atoms with Crippen LogP contribution in [0.25, 0.3) is 10.6 Å². The SMILES string of the molecule is CC(=O)c1ccc(OCC(=O)Nc2nc(-c3cccs3)cs2)cc1. The van der Waals surface area contributed by atoms with E-state index in [0.29, 0.717) is 16.4 Å². The van der Waals surface area contributed by atoms with Gasteiger partial charge < -0.3 is 4.74 Å². The van der Waals surface area contributed by atoms with Crippen LogP contribution in [-0.2, 0) is 4.79 Å². The summed E-state index contributed by atoms with van der Waals surface area (Å²) < 4.78 is 5.41. The van der Waals surface area contributed by atoms with E-state index in [1.165, 1.54) is 18.3 Å². The maximum Gasteiger partial charge on any atom is 0.264 e. The number of rotatable bonds is 6. The summed E-state index contributed by atoms with van der Waals surface area (Å²) in [5.74, 6) is 0.246. The maximum atomic E-state index is 11.9. The second-order valence-corrected chi connectivity index (χ2v) is 6.74. The van der Waals surface area contributed by atoms with Crippen molar-refractivity contribution in [2.24, 2.45) is 0 Å². The predicted molar refractivity (Wildman–Crippen MR) is 96.0 cm³/mol. The van der Waals surface area contributed by atoms with Crippen molar-refractivity contribution < 1.29 is 14.3 Å². The number of hydrogen-bond donors (Lipinski definition) is 1. The summed E-state index contributed by atoms with van der Waals surface area (Å²) in [5, 5.41) is 7.15. The lowest BCUT2D eigenvalue weighted by atomic mass is 10.1. The Hall–Kier alpha value is -2.51. The standard InChI is InChI=1S/C17H14N2O3S2/c1-11(20)12-4-6-13(7-5-12)22-9-16(21)19-17-18-14(10-24-17)15-3-2-8-23-15/h2-8,10H,9H2,1H3,(H,18,19,21). The van der Waals surface area contributed by atoms with E-state index in [1.807, 2.05) is 22.9 Å². The smallest absolute Gasteiger partial charge is 0.264 e. The van der Waals surface area contributed by atoms with Gasteiger partial charge in [0, 0.05) is 10.9 Å². The fourth-order valence-electron chi connectivity index (χ4n) is 1.96. The normalized spacial score (nSPS) is 10.4. The van der Waals surface area contributed by atoms with Gasteiger partial charge in [-0.1, -0.05) is 6.07 Å². The number of nitrogens with zero attached hydrogens (tertiary/aromatic N) is 1. The van der Waals surface area contributed by atoms with E-state index in [-0.39, 0.29) is 18.3 Å². The molecule has 0 atom stereocenters. The van der Waals surface area contributed by atoms with Gasteiger partial charge in [-0.15, -0.1) is 22.7 Å². The maximum absolute atomic E-state index is 11.9. The number of thiazole rings is 1. The van der Waals surface area contributed by atoms with Crippen LogP contribution in [0.15, 0.2) is 47.2 Å². The van der Waals surface area contributed by atoms with Gasteiger partial charge in [-0.2, -0.15) is 0 Å². The lowest BCUT2D eigenvalue weighted by Crippen LogP contribution is -2.20. The van der Waals surface area contributed by atoms with Crippen LogP contribution in [-0.4, -0.2) is 23.3 Å². The molecular weight excluding hydrogens is 344 g/mol. The first-order valence-electron chi connectivity index (χ1n) is 7.15. The highest BCUT2D eigenvalue weighted by Crippen LogP contribution is 2.28. The molecule has 0 unspecified atom stereocenters. The molecule has 0 aliphatic rings. The summed E-state index contributed by atoms with van der Waals surface area (Å²) >= 11 is 2.98. The molecule has 0 saturated heterocycles. The third-order valence-electron chi connectivity index (χ3n) is 3.15. The van der Waals surface area contributed by atoms with Gasteiger partial charge in [0.25, 0.3) is 5.91 Å². The second-order valence-electron chi connectivity index (χ2n) is 4.93. The minimum Gasteiger partial charge on any atom is -0.484 e. The summed E-state index contributed by atoms with van der Waals surface area (Å²) in [7, 11) is 0. The molecule has 0 bridgehead atoms. The summed E-state index contributed by atoms with van der Waals surface area (Å²) in [4.78, 5) is 28.6. The van der Waals surface area contributed by atoms with Gasteiger partial charge in [-0.05, 0) is 42.6 Å². The molecule has 24 heavy (non-hydrogen) atoms. The Morgan fingerprint density at radius 2 is 1.96 bits per heavy atom. The number of hydrogen-bond acceptors (Lipinski definition) is 6. The molecule has 0 saturated carbocycles. The highest BCUT2D eigenvalue weighted by atomic mass is 32.1. The van der Waals surface area contributed by atoms with E-state index in [4.69, 9.17) is 4.74 Å². The number of amides is 1. The minimum atomic E-state index is -0.280. The number of ketones is 1. The van der Waals surface area contributed by atoms with Crippen molar-refractivity contribution in [1.82, 2.24) is 4.98 Å². The van der Waals surface area contributed by atoms with Crippen LogP contribution in [0.2, 0.25) is 0 Å². The molecule has 3 aromatic rings. The van der Waals surface area contributed by atoms with Crippen LogP contribution >= 0.6 is 22.7 Å². The van der Waals surface area contributed by atoms with Gasteiger partial charge in [0.15, 0.2) is 17.5 Å². The van der Waals surface area contributed by atoms with Gasteiger partial charge in [0.1, 0.15) is 5.75 Å². The summed E-state index contributed by atoms with van der Waals surface area (Å²) in [6, 6.07) is 10.6. The number of aromatic nitrogens is 1. The zero-order valence-corrected chi connectivity index (χ0v) is 14.4. The molecule has 0 fully saturated rings. The molecule has 1 aromatic carbocycles. The van der Waals surface area contributed by atoms with E-state index in [2.05, 4.69) is 10.3 Å². The van der Waals surface area contributed by atoms with Crippen molar-refractivity contribution in [2.75, 3.05) is 11.9 Å². The van der Waals surface area contributed by atoms with E-state index in [0.717, 1.165) is 10.6 Å². The number of ether oxygens (including phenoxy) is 1. The van der Waals surface area contributed by atoms with Gasteiger partial charge in [-0.3, -0.25) is 14.9 Å². The van der Waals surface area contributed by atoms with E-state index in [9.17, 15) is 9.59 Å². The van der Waals surface area contributed by atoms with Gasteiger partial charge in [0.2, 0.25) is 0 Å². The summed E-state index contributed by atoms with van der Waals surface area (Å²) in [6.45, 7) is 1.38. The molecule has 0 aliphatic carbocycles. The third-order valence-corrected chi connectivity index (χ3v) is 4.81. The van der Waals surface area contributed by atoms with E-state index >= 15 is 0 Å². The molecule has 5 nitrogen and oxygen atoms in total. The van der Waals surface area contributed by atoms with Crippen LogP contribution in [0.1, 0.15) is 17.3 Å². The minimum absolute atomic E-state index is 0.00962.